The van der Waals surface area contributed by atoms with Gasteiger partial charge in [0.25, 0.3) is 0 Å². The third kappa shape index (κ3) is 3.89. The molecular weight excluding hydrogens is 251 g/mol. The summed E-state index contributed by atoms with van der Waals surface area (Å²) in [7, 11) is 0. The van der Waals surface area contributed by atoms with Gasteiger partial charge < -0.3 is 10.4 Å². The molecule has 4 nitrogen and oxygen atoms in total. The molecule has 1 amide bonds. The molecule has 0 heterocycles. The molecule has 104 valence electrons. The highest BCUT2D eigenvalue weighted by Gasteiger charge is 2.45. The highest BCUT2D eigenvalue weighted by Crippen LogP contribution is 2.35. The lowest BCUT2D eigenvalue weighted by molar-refractivity contribution is -0.176. The van der Waals surface area contributed by atoms with Crippen molar-refractivity contribution in [1.82, 2.24) is 5.32 Å². The monoisotopic (exact) mass is 267 g/mol. The summed E-state index contributed by atoms with van der Waals surface area (Å²) in [6, 6.07) is 0. The number of nitrogens with one attached hydrogen (secondary N) is 1. The number of carboxylic acid groups (broad SMARTS) is 1. The normalized spacial score (nSPS) is 28.8. The van der Waals surface area contributed by atoms with Gasteiger partial charge >= 0.3 is 18.1 Å². The summed E-state index contributed by atoms with van der Waals surface area (Å²) < 4.78 is 36.7. The van der Waals surface area contributed by atoms with Gasteiger partial charge in [-0.2, -0.15) is 13.2 Å². The number of alkyl halides is 3. The maximum absolute atomic E-state index is 12.2. The summed E-state index contributed by atoms with van der Waals surface area (Å²) in [6.07, 6.45) is -3.68. The van der Waals surface area contributed by atoms with E-state index in [1.165, 1.54) is 0 Å². The van der Waals surface area contributed by atoms with Crippen LogP contribution < -0.4 is 5.32 Å². The molecule has 2 N–H and O–H groups in total. The van der Waals surface area contributed by atoms with Crippen molar-refractivity contribution in [3.8, 4) is 0 Å². The largest absolute Gasteiger partial charge is 0.481 e. The summed E-state index contributed by atoms with van der Waals surface area (Å²) in [4.78, 5) is 21.7. The quantitative estimate of drug-likeness (QED) is 0.822. The first-order valence-electron chi connectivity index (χ1n) is 5.76. The van der Waals surface area contributed by atoms with Crippen LogP contribution in [0.5, 0.6) is 0 Å². The van der Waals surface area contributed by atoms with Crippen molar-refractivity contribution in [2.45, 2.75) is 50.7 Å². The van der Waals surface area contributed by atoms with E-state index in [4.69, 9.17) is 5.11 Å². The Morgan fingerprint density at radius 2 is 1.83 bits per heavy atom. The fourth-order valence-corrected chi connectivity index (χ4v) is 2.26. The van der Waals surface area contributed by atoms with E-state index in [2.05, 4.69) is 0 Å². The van der Waals surface area contributed by atoms with Crippen molar-refractivity contribution < 1.29 is 27.9 Å². The van der Waals surface area contributed by atoms with E-state index in [9.17, 15) is 22.8 Å². The Balaban J connectivity index is 2.79. The lowest BCUT2D eigenvalue weighted by Gasteiger charge is -2.39. The first kappa shape index (κ1) is 14.8. The van der Waals surface area contributed by atoms with Gasteiger partial charge in [-0.25, -0.2) is 0 Å². The minimum atomic E-state index is -4.98. The number of carboxylic acids is 1. The third-order valence-electron chi connectivity index (χ3n) is 3.36. The SMILES string of the molecule is CC1CCC(CC(=O)O)(NC(=O)C(F)(F)F)CC1. The Morgan fingerprint density at radius 3 is 2.22 bits per heavy atom. The first-order valence-corrected chi connectivity index (χ1v) is 5.76. The summed E-state index contributed by atoms with van der Waals surface area (Å²) >= 11 is 0. The third-order valence-corrected chi connectivity index (χ3v) is 3.36. The second-order valence-corrected chi connectivity index (χ2v) is 4.99. The maximum Gasteiger partial charge on any atom is 0.471 e. The van der Waals surface area contributed by atoms with E-state index in [1.807, 2.05) is 12.2 Å². The highest BCUT2D eigenvalue weighted by atomic mass is 19.4. The topological polar surface area (TPSA) is 66.4 Å². The molecule has 0 aromatic heterocycles. The van der Waals surface area contributed by atoms with E-state index < -0.39 is 30.0 Å². The smallest absolute Gasteiger partial charge is 0.471 e. The predicted octanol–water partition coefficient (Wildman–Crippen LogP) is 2.09. The van der Waals surface area contributed by atoms with Crippen molar-refractivity contribution in [2.75, 3.05) is 0 Å². The molecule has 0 radical (unpaired) electrons. The molecule has 0 aromatic rings. The van der Waals surface area contributed by atoms with Crippen LogP contribution in [-0.2, 0) is 9.59 Å². The Labute approximate surface area is 103 Å². The van der Waals surface area contributed by atoms with Crippen molar-refractivity contribution in [3.63, 3.8) is 0 Å². The van der Waals surface area contributed by atoms with Crippen LogP contribution in [0, 0.1) is 5.92 Å². The molecule has 1 saturated carbocycles. The molecule has 18 heavy (non-hydrogen) atoms. The summed E-state index contributed by atoms with van der Waals surface area (Å²) in [5.74, 6) is -2.92. The minimum Gasteiger partial charge on any atom is -0.481 e. The number of hydrogen-bond donors (Lipinski definition) is 2. The van der Waals surface area contributed by atoms with Gasteiger partial charge in [-0.05, 0) is 31.6 Å². The zero-order valence-corrected chi connectivity index (χ0v) is 10.0. The van der Waals surface area contributed by atoms with E-state index in [0.29, 0.717) is 18.8 Å². The Bertz CT molecular complexity index is 333. The highest BCUT2D eigenvalue weighted by molar-refractivity contribution is 5.83. The van der Waals surface area contributed by atoms with E-state index in [0.717, 1.165) is 0 Å². The molecule has 1 aliphatic carbocycles. The number of carbonyl (C=O) groups excluding carboxylic acids is 1. The first-order chi connectivity index (χ1) is 8.15. The second-order valence-electron chi connectivity index (χ2n) is 4.99. The van der Waals surface area contributed by atoms with Crippen molar-refractivity contribution in [3.05, 3.63) is 0 Å². The van der Waals surface area contributed by atoms with Crippen molar-refractivity contribution in [1.29, 1.82) is 0 Å². The predicted molar refractivity (Wildman–Crippen MR) is 56.8 cm³/mol. The van der Waals surface area contributed by atoms with Crippen molar-refractivity contribution in [2.24, 2.45) is 5.92 Å². The molecular formula is C11H16F3NO3. The fraction of sp³-hybridized carbons (Fsp3) is 0.818. The van der Waals surface area contributed by atoms with Crippen LogP contribution >= 0.6 is 0 Å². The molecule has 0 aliphatic heterocycles. The van der Waals surface area contributed by atoms with Crippen LogP contribution in [0.1, 0.15) is 39.0 Å². The number of halogens is 3. The molecule has 1 rings (SSSR count). The van der Waals surface area contributed by atoms with Crippen LogP contribution in [0.4, 0.5) is 13.2 Å². The van der Waals surface area contributed by atoms with Crippen LogP contribution in [0.3, 0.4) is 0 Å². The molecule has 0 aromatic carbocycles. The molecule has 7 heteroatoms. The zero-order valence-electron chi connectivity index (χ0n) is 10.0. The van der Waals surface area contributed by atoms with Crippen LogP contribution in [0.15, 0.2) is 0 Å². The molecule has 0 spiro atoms. The molecule has 0 saturated heterocycles. The number of aliphatic carboxylic acids is 1. The zero-order chi connectivity index (χ0) is 14.0. The van der Waals surface area contributed by atoms with Gasteiger partial charge in [-0.3, -0.25) is 9.59 Å². The number of carbonyl (C=O) groups is 2. The summed E-state index contributed by atoms with van der Waals surface area (Å²) in [5, 5.41) is 10.7. The molecule has 0 bridgehead atoms. The summed E-state index contributed by atoms with van der Waals surface area (Å²) in [5.41, 5.74) is -1.26. The molecule has 1 aliphatic rings. The molecule has 0 unspecified atom stereocenters. The number of rotatable bonds is 3. The van der Waals surface area contributed by atoms with E-state index >= 15 is 0 Å². The Kier molecular flexibility index (Phi) is 4.24. The van der Waals surface area contributed by atoms with Gasteiger partial charge in [0.1, 0.15) is 0 Å². The van der Waals surface area contributed by atoms with Gasteiger partial charge in [0.05, 0.1) is 12.0 Å². The summed E-state index contributed by atoms with van der Waals surface area (Å²) in [6.45, 7) is 1.95. The van der Waals surface area contributed by atoms with Gasteiger partial charge in [0, 0.05) is 0 Å². The second kappa shape index (κ2) is 5.16. The Morgan fingerprint density at radius 1 is 1.33 bits per heavy atom. The van der Waals surface area contributed by atoms with E-state index in [-0.39, 0.29) is 12.8 Å². The van der Waals surface area contributed by atoms with Crippen LogP contribution in [0.2, 0.25) is 0 Å². The average molecular weight is 267 g/mol. The van der Waals surface area contributed by atoms with Crippen molar-refractivity contribution >= 4 is 11.9 Å². The fourth-order valence-electron chi connectivity index (χ4n) is 2.26. The molecule has 0 atom stereocenters. The standard InChI is InChI=1S/C11H16F3NO3/c1-7-2-4-10(5-3-7,6-8(16)17)15-9(18)11(12,13)14/h7H,2-6H2,1H3,(H,15,18)(H,16,17). The van der Waals surface area contributed by atoms with E-state index in [1.54, 1.807) is 0 Å². The Hall–Kier alpha value is -1.27. The van der Waals surface area contributed by atoms with Gasteiger partial charge in [0.2, 0.25) is 0 Å². The van der Waals surface area contributed by atoms with Crippen LogP contribution in [0.25, 0.3) is 0 Å². The van der Waals surface area contributed by atoms with Gasteiger partial charge in [-0.15, -0.1) is 0 Å². The van der Waals surface area contributed by atoms with Gasteiger partial charge in [0.15, 0.2) is 0 Å². The lowest BCUT2D eigenvalue weighted by atomic mass is 9.75. The van der Waals surface area contributed by atoms with Gasteiger partial charge in [-0.1, -0.05) is 6.92 Å². The average Bonchev–Trinajstić information content (AvgIpc) is 2.20. The molecule has 1 fully saturated rings. The van der Waals surface area contributed by atoms with Crippen LogP contribution in [-0.4, -0.2) is 28.7 Å². The number of hydrogen-bond acceptors (Lipinski definition) is 2. The number of amides is 1. The minimum absolute atomic E-state index is 0.266. The maximum atomic E-state index is 12.2. The lowest BCUT2D eigenvalue weighted by Crippen LogP contribution is -2.55.